The number of hydrogen-bond acceptors (Lipinski definition) is 7. The van der Waals surface area contributed by atoms with Gasteiger partial charge in [0.1, 0.15) is 0 Å². The fourth-order valence-electron chi connectivity index (χ4n) is 0.130. The third kappa shape index (κ3) is 38.4. The average Bonchev–Trinajstić information content (AvgIpc) is 1.47. The smallest absolute Gasteiger partial charge is 0.756 e. The fraction of sp³-hybridized carbons (Fsp3) is 1.00. The predicted octanol–water partition coefficient (Wildman–Crippen LogP) is -2.83. The first-order chi connectivity index (χ1) is 5.44. The van der Waals surface area contributed by atoms with E-state index in [0.29, 0.717) is 0 Å². The molecule has 0 aromatic rings. The van der Waals surface area contributed by atoms with Crippen LogP contribution in [0, 0.1) is 0 Å². The minimum absolute atomic E-state index is 0. The molecule has 2 atom stereocenters. The van der Waals surface area contributed by atoms with Crippen molar-refractivity contribution in [3.05, 3.63) is 0 Å². The molecule has 0 radical (unpaired) electrons. The Balaban J connectivity index is -0.000000209. The van der Waals surface area contributed by atoms with Crippen molar-refractivity contribution in [3.63, 3.8) is 0 Å². The Hall–Kier alpha value is 0.868. The van der Waals surface area contributed by atoms with Gasteiger partial charge in [-0.25, -0.2) is 4.31 Å². The van der Waals surface area contributed by atoms with Crippen molar-refractivity contribution in [3.8, 4) is 0 Å². The van der Waals surface area contributed by atoms with Crippen LogP contribution in [0.3, 0.4) is 0 Å². The van der Waals surface area contributed by atoms with Gasteiger partial charge in [0.15, 0.2) is 0 Å². The van der Waals surface area contributed by atoms with Crippen molar-refractivity contribution in [2.24, 2.45) is 11.5 Å². The number of phosphoric acid groups is 2. The van der Waals surface area contributed by atoms with Gasteiger partial charge in [0.2, 0.25) is 0 Å². The monoisotopic (exact) mass is 431 g/mol. The van der Waals surface area contributed by atoms with Crippen LogP contribution in [-0.4, -0.2) is 16.0 Å². The van der Waals surface area contributed by atoms with E-state index in [-0.39, 0.29) is 27.2 Å². The van der Waals surface area contributed by atoms with E-state index in [4.69, 9.17) is 21.3 Å². The van der Waals surface area contributed by atoms with Crippen LogP contribution in [0.4, 0.5) is 0 Å². The zero-order chi connectivity index (χ0) is 11.3. The van der Waals surface area contributed by atoms with Crippen LogP contribution in [0.5, 0.6) is 0 Å². The molecule has 0 saturated carbocycles. The molecule has 2 unspecified atom stereocenters. The molecule has 0 rings (SSSR count). The topological polar surface area (TPSA) is 182 Å². The molecule has 0 saturated heterocycles. The molecule has 12 heteroatoms. The van der Waals surface area contributed by atoms with Crippen molar-refractivity contribution in [2.75, 3.05) is 0 Å². The van der Waals surface area contributed by atoms with Gasteiger partial charge in [-0.15, -0.1) is 0 Å². The minimum atomic E-state index is -5.36. The molecule has 0 aromatic heterocycles. The minimum Gasteiger partial charge on any atom is -0.756 e. The molecule has 0 bridgehead atoms. The van der Waals surface area contributed by atoms with Crippen LogP contribution in [0.25, 0.3) is 0 Å². The zero-order valence-electron chi connectivity index (χ0n) is 6.88. The third-order valence-corrected chi connectivity index (χ3v) is 1.86. The first-order valence-electron chi connectivity index (χ1n) is 2.74. The normalized spacial score (nSPS) is 18.3. The molecule has 0 aliphatic heterocycles. The van der Waals surface area contributed by atoms with Gasteiger partial charge < -0.3 is 31.0 Å². The van der Waals surface area contributed by atoms with Crippen molar-refractivity contribution in [1.29, 1.82) is 0 Å². The summed E-state index contributed by atoms with van der Waals surface area (Å²) in [4.78, 5) is 34.1. The van der Waals surface area contributed by atoms with Crippen LogP contribution < -0.4 is 21.3 Å². The SMILES string of the molecule is CC(N)N.O=P([O-])(O)OP(=O)([O-])O.[Pt+2]. The van der Waals surface area contributed by atoms with E-state index in [1.54, 1.807) is 6.92 Å². The second-order valence-electron chi connectivity index (χ2n) is 1.88. The molecule has 0 heterocycles. The van der Waals surface area contributed by atoms with Gasteiger partial charge >= 0.3 is 21.1 Å². The maximum atomic E-state index is 9.48. The summed E-state index contributed by atoms with van der Waals surface area (Å²) in [5.41, 5.74) is 9.78. The molecule has 0 aromatic carbocycles. The fourth-order valence-corrected chi connectivity index (χ4v) is 1.17. The van der Waals surface area contributed by atoms with Gasteiger partial charge in [-0.05, 0) is 6.92 Å². The second-order valence-corrected chi connectivity index (χ2v) is 4.41. The average molecular weight is 431 g/mol. The molecular weight excluding hydrogens is 421 g/mol. The van der Waals surface area contributed by atoms with Crippen LogP contribution >= 0.6 is 15.6 Å². The molecule has 90 valence electrons. The number of rotatable bonds is 2. The van der Waals surface area contributed by atoms with Gasteiger partial charge in [0.25, 0.3) is 15.6 Å². The van der Waals surface area contributed by atoms with Gasteiger partial charge in [0.05, 0.1) is 0 Å². The van der Waals surface area contributed by atoms with Gasteiger partial charge in [-0.1, -0.05) is 0 Å². The molecule has 0 amide bonds. The predicted molar refractivity (Wildman–Crippen MR) is 38.6 cm³/mol. The van der Waals surface area contributed by atoms with Crippen LogP contribution in [0.2, 0.25) is 0 Å². The van der Waals surface area contributed by atoms with Crippen LogP contribution in [0.1, 0.15) is 6.92 Å². The standard InChI is InChI=1S/C2H8N2.H4O7P2.Pt/c1-2(3)4;1-8(2,3)7-9(4,5)6;/h2H,3-4H2,1H3;(H2,1,2,3)(H2,4,5,6);/q;;+2/p-2. The summed E-state index contributed by atoms with van der Waals surface area (Å²) in [5.74, 6) is 0. The molecule has 9 nitrogen and oxygen atoms in total. The Kier molecular flexibility index (Phi) is 11.7. The second kappa shape index (κ2) is 8.07. The van der Waals surface area contributed by atoms with E-state index in [9.17, 15) is 18.9 Å². The molecule has 0 aliphatic carbocycles. The molecule has 0 fully saturated rings. The Morgan fingerprint density at radius 1 is 1.21 bits per heavy atom. The van der Waals surface area contributed by atoms with E-state index in [0.717, 1.165) is 0 Å². The van der Waals surface area contributed by atoms with Crippen molar-refractivity contribution < 1.29 is 54.1 Å². The van der Waals surface area contributed by atoms with Crippen molar-refractivity contribution >= 4 is 15.6 Å². The molecule has 0 spiro atoms. The summed E-state index contributed by atoms with van der Waals surface area (Å²) in [6.45, 7) is 1.72. The van der Waals surface area contributed by atoms with Crippen LogP contribution in [0.15, 0.2) is 0 Å². The first-order valence-corrected chi connectivity index (χ1v) is 5.73. The third-order valence-electron chi connectivity index (χ3n) is 0.206. The maximum absolute atomic E-state index is 9.48. The summed E-state index contributed by atoms with van der Waals surface area (Å²) in [6, 6.07) is 0. The number of nitrogens with two attached hydrogens (primary N) is 2. The van der Waals surface area contributed by atoms with E-state index < -0.39 is 15.6 Å². The van der Waals surface area contributed by atoms with Crippen molar-refractivity contribution in [1.82, 2.24) is 0 Å². The molecule has 0 aliphatic rings. The number of hydrogen-bond donors (Lipinski definition) is 4. The Bertz CT molecular complexity index is 199. The largest absolute Gasteiger partial charge is 2.00 e. The quantitative estimate of drug-likeness (QED) is 0.265. The van der Waals surface area contributed by atoms with Gasteiger partial charge in [-0.3, -0.25) is 9.13 Å². The molecule has 14 heavy (non-hydrogen) atoms. The summed E-state index contributed by atoms with van der Waals surface area (Å²) in [7, 11) is -10.7. The first kappa shape index (κ1) is 20.3. The van der Waals surface area contributed by atoms with Gasteiger partial charge in [-0.2, -0.15) is 0 Å². The Labute approximate surface area is 94.6 Å². The van der Waals surface area contributed by atoms with E-state index in [1.807, 2.05) is 0 Å². The van der Waals surface area contributed by atoms with E-state index in [1.165, 1.54) is 0 Å². The molecule has 6 N–H and O–H groups in total. The summed E-state index contributed by atoms with van der Waals surface area (Å²) >= 11 is 0. The molecular formula is C2H10N2O7P2Pt. The Morgan fingerprint density at radius 3 is 1.36 bits per heavy atom. The zero-order valence-corrected chi connectivity index (χ0v) is 10.9. The van der Waals surface area contributed by atoms with Gasteiger partial charge in [0, 0.05) is 6.17 Å². The summed E-state index contributed by atoms with van der Waals surface area (Å²) < 4.78 is 21.7. The maximum Gasteiger partial charge on any atom is 2.00 e. The Morgan fingerprint density at radius 2 is 1.36 bits per heavy atom. The van der Waals surface area contributed by atoms with Crippen molar-refractivity contribution in [2.45, 2.75) is 13.1 Å². The summed E-state index contributed by atoms with van der Waals surface area (Å²) in [5, 5.41) is 0. The van der Waals surface area contributed by atoms with Crippen LogP contribution in [-0.2, 0) is 34.5 Å². The summed E-state index contributed by atoms with van der Waals surface area (Å²) in [6.07, 6.45) is -0.167. The van der Waals surface area contributed by atoms with E-state index >= 15 is 0 Å². The van der Waals surface area contributed by atoms with E-state index in [2.05, 4.69) is 4.31 Å².